The van der Waals surface area contributed by atoms with Gasteiger partial charge in [0.2, 0.25) is 11.8 Å². The van der Waals surface area contributed by atoms with E-state index in [1.54, 1.807) is 48.5 Å². The number of nitrogens with zero attached hydrogens (tertiary/aromatic N) is 4. The van der Waals surface area contributed by atoms with Crippen LogP contribution in [0.25, 0.3) is 21.5 Å². The summed E-state index contributed by atoms with van der Waals surface area (Å²) in [5.41, 5.74) is 11.0. The maximum Gasteiger partial charge on any atom is 0.259 e. The molecule has 18 heteroatoms. The molecule has 0 unspecified atom stereocenters. The van der Waals surface area contributed by atoms with E-state index in [2.05, 4.69) is 31.1 Å². The smallest absolute Gasteiger partial charge is 0.259 e. The standard InChI is InChI=1S/C45H35ClN8O9/c1-61-35-14-12-24(42(47)57)18-33(35)51-53-38-26-10-6-4-8-22(26)16-28(40(38)55)44(59)49-31-21-32(37(63-3)20-30(31)46)50-45(60)29-17-23-9-5-7-11-27(23)39(41(29)56)54-52-34-19-25(43(48)58)13-15-36(34)62-2/h4-21,55-56H,1-3H3,(H2,47,57)(H2,48,58)(H,49,59)(H,50,60). The molecule has 7 aromatic rings. The number of benzene rings is 7. The third kappa shape index (κ3) is 8.70. The van der Waals surface area contributed by atoms with Crippen molar-refractivity contribution in [3.63, 3.8) is 0 Å². The molecule has 0 heterocycles. The fraction of sp³-hybridized carbons (Fsp3) is 0.0667. The van der Waals surface area contributed by atoms with Crippen LogP contribution in [0, 0.1) is 0 Å². The van der Waals surface area contributed by atoms with E-state index in [-0.39, 0.29) is 78.6 Å². The van der Waals surface area contributed by atoms with E-state index >= 15 is 0 Å². The van der Waals surface area contributed by atoms with Crippen LogP contribution in [-0.2, 0) is 0 Å². The van der Waals surface area contributed by atoms with Crippen molar-refractivity contribution >= 4 is 90.9 Å². The van der Waals surface area contributed by atoms with Crippen molar-refractivity contribution in [3.05, 3.63) is 136 Å². The Morgan fingerprint density at radius 2 is 0.968 bits per heavy atom. The SMILES string of the molecule is COc1ccc(C(N)=O)cc1N=Nc1c(O)c(C(=O)Nc2cc(NC(=O)c3cc4ccccc4c(N=Nc4cc(C(N)=O)ccc4OC)c3O)c(OC)cc2Cl)cc2ccccc12. The van der Waals surface area contributed by atoms with Gasteiger partial charge in [0.15, 0.2) is 11.5 Å². The first kappa shape index (κ1) is 42.6. The minimum atomic E-state index is -0.812. The number of primary amides is 2. The molecule has 7 aromatic carbocycles. The molecular weight excluding hydrogens is 832 g/mol. The van der Waals surface area contributed by atoms with Gasteiger partial charge in [-0.2, -0.15) is 0 Å². The van der Waals surface area contributed by atoms with Gasteiger partial charge >= 0.3 is 0 Å². The van der Waals surface area contributed by atoms with Crippen LogP contribution in [0.1, 0.15) is 41.4 Å². The molecule has 0 atom stereocenters. The van der Waals surface area contributed by atoms with Crippen LogP contribution in [0.15, 0.2) is 130 Å². The highest BCUT2D eigenvalue weighted by molar-refractivity contribution is 6.34. The van der Waals surface area contributed by atoms with Crippen LogP contribution in [0.3, 0.4) is 0 Å². The van der Waals surface area contributed by atoms with Crippen molar-refractivity contribution in [2.24, 2.45) is 31.9 Å². The lowest BCUT2D eigenvalue weighted by Crippen LogP contribution is -2.15. The summed E-state index contributed by atoms with van der Waals surface area (Å²) in [6.45, 7) is 0. The Morgan fingerprint density at radius 3 is 1.40 bits per heavy atom. The van der Waals surface area contributed by atoms with Gasteiger partial charge in [-0.05, 0) is 65.4 Å². The monoisotopic (exact) mass is 866 g/mol. The molecule has 0 radical (unpaired) electrons. The summed E-state index contributed by atoms with van der Waals surface area (Å²) in [5.74, 6) is -3.44. The lowest BCUT2D eigenvalue weighted by atomic mass is 10.0. The van der Waals surface area contributed by atoms with E-state index in [0.29, 0.717) is 21.5 Å². The van der Waals surface area contributed by atoms with Gasteiger partial charge < -0.3 is 46.5 Å². The topological polar surface area (TPSA) is 262 Å². The number of phenols is 2. The van der Waals surface area contributed by atoms with Crippen molar-refractivity contribution < 1.29 is 43.6 Å². The number of aromatic hydroxyl groups is 2. The third-order valence-corrected chi connectivity index (χ3v) is 10.0. The Morgan fingerprint density at radius 1 is 0.540 bits per heavy atom. The summed E-state index contributed by atoms with van der Waals surface area (Å²) < 4.78 is 16.2. The number of amides is 4. The Bertz CT molecular complexity index is 3080. The predicted octanol–water partition coefficient (Wildman–Crippen LogP) is 9.62. The molecule has 0 aliphatic rings. The van der Waals surface area contributed by atoms with Crippen LogP contribution in [-0.4, -0.2) is 55.2 Å². The number of anilines is 2. The van der Waals surface area contributed by atoms with Crippen molar-refractivity contribution in [3.8, 4) is 28.7 Å². The summed E-state index contributed by atoms with van der Waals surface area (Å²) in [4.78, 5) is 51.7. The number of fused-ring (bicyclic) bond motifs is 2. The van der Waals surface area contributed by atoms with Gasteiger partial charge in [-0.15, -0.1) is 20.5 Å². The van der Waals surface area contributed by atoms with Crippen LogP contribution in [0.5, 0.6) is 28.7 Å². The number of azo groups is 2. The second-order valence-corrected chi connectivity index (χ2v) is 13.9. The fourth-order valence-corrected chi connectivity index (χ4v) is 6.73. The molecule has 0 bridgehead atoms. The van der Waals surface area contributed by atoms with E-state index in [0.717, 1.165) is 0 Å². The van der Waals surface area contributed by atoms with E-state index < -0.39 is 35.1 Å². The zero-order valence-corrected chi connectivity index (χ0v) is 34.2. The summed E-state index contributed by atoms with van der Waals surface area (Å²) in [6, 6.07) is 28.0. The number of rotatable bonds is 13. The molecule has 0 aromatic heterocycles. The van der Waals surface area contributed by atoms with E-state index in [9.17, 15) is 29.4 Å². The maximum atomic E-state index is 14.0. The second-order valence-electron chi connectivity index (χ2n) is 13.5. The summed E-state index contributed by atoms with van der Waals surface area (Å²) in [5, 5.41) is 47.4. The van der Waals surface area contributed by atoms with Crippen LogP contribution >= 0.6 is 11.6 Å². The summed E-state index contributed by atoms with van der Waals surface area (Å²) >= 11 is 6.61. The van der Waals surface area contributed by atoms with Crippen LogP contribution in [0.4, 0.5) is 34.1 Å². The van der Waals surface area contributed by atoms with Crippen LogP contribution < -0.4 is 36.3 Å². The second kappa shape index (κ2) is 18.0. The molecule has 7 rings (SSSR count). The van der Waals surface area contributed by atoms with E-state index in [1.807, 2.05) is 0 Å². The number of nitrogens with two attached hydrogens (primary N) is 2. The Labute approximate surface area is 362 Å². The molecule has 63 heavy (non-hydrogen) atoms. The summed E-state index contributed by atoms with van der Waals surface area (Å²) in [6.07, 6.45) is 0. The molecule has 8 N–H and O–H groups in total. The van der Waals surface area contributed by atoms with Gasteiger partial charge in [-0.3, -0.25) is 19.2 Å². The molecule has 0 aliphatic carbocycles. The molecule has 17 nitrogen and oxygen atoms in total. The first-order valence-electron chi connectivity index (χ1n) is 18.6. The van der Waals surface area contributed by atoms with Gasteiger partial charge in [0, 0.05) is 28.0 Å². The van der Waals surface area contributed by atoms with E-state index in [4.69, 9.17) is 37.3 Å². The number of halogens is 1. The van der Waals surface area contributed by atoms with Crippen molar-refractivity contribution in [2.75, 3.05) is 32.0 Å². The number of methoxy groups -OCH3 is 3. The Kier molecular flexibility index (Phi) is 12.1. The zero-order valence-electron chi connectivity index (χ0n) is 33.5. The van der Waals surface area contributed by atoms with Crippen molar-refractivity contribution in [1.82, 2.24) is 0 Å². The number of ether oxygens (including phenoxy) is 3. The average Bonchev–Trinajstić information content (AvgIpc) is 3.28. The summed E-state index contributed by atoms with van der Waals surface area (Å²) in [7, 11) is 4.16. The molecule has 0 saturated heterocycles. The van der Waals surface area contributed by atoms with Gasteiger partial charge in [-0.1, -0.05) is 60.1 Å². The minimum Gasteiger partial charge on any atom is -0.505 e. The lowest BCUT2D eigenvalue weighted by Gasteiger charge is -2.16. The van der Waals surface area contributed by atoms with Gasteiger partial charge in [-0.25, -0.2) is 0 Å². The molecule has 316 valence electrons. The highest BCUT2D eigenvalue weighted by atomic mass is 35.5. The fourth-order valence-electron chi connectivity index (χ4n) is 6.53. The number of phenolic OH excluding ortho intramolecular Hbond substituents is 2. The Balaban J connectivity index is 1.22. The molecule has 4 amide bonds. The number of carbonyl (C=O) groups is 4. The highest BCUT2D eigenvalue weighted by Crippen LogP contribution is 2.44. The number of carbonyl (C=O) groups excluding carboxylic acids is 4. The normalized spacial score (nSPS) is 11.2. The molecule has 0 spiro atoms. The number of hydrogen-bond donors (Lipinski definition) is 6. The zero-order chi connectivity index (χ0) is 44.9. The lowest BCUT2D eigenvalue weighted by molar-refractivity contribution is 0.0992. The first-order valence-corrected chi connectivity index (χ1v) is 19.0. The van der Waals surface area contributed by atoms with Crippen molar-refractivity contribution in [2.45, 2.75) is 0 Å². The third-order valence-electron chi connectivity index (χ3n) is 9.71. The molecule has 0 aliphatic heterocycles. The predicted molar refractivity (Wildman–Crippen MR) is 237 cm³/mol. The number of hydrogen-bond acceptors (Lipinski definition) is 13. The molecule has 0 saturated carbocycles. The molecular formula is C45H35ClN8O9. The van der Waals surface area contributed by atoms with Crippen molar-refractivity contribution in [1.29, 1.82) is 0 Å². The van der Waals surface area contributed by atoms with Gasteiger partial charge in [0.1, 0.15) is 40.0 Å². The largest absolute Gasteiger partial charge is 0.505 e. The highest BCUT2D eigenvalue weighted by Gasteiger charge is 2.24. The first-order chi connectivity index (χ1) is 30.3. The average molecular weight is 867 g/mol. The van der Waals surface area contributed by atoms with Gasteiger partial charge in [0.05, 0.1) is 48.9 Å². The van der Waals surface area contributed by atoms with E-state index in [1.165, 1.54) is 82.0 Å². The maximum absolute atomic E-state index is 14.0. The number of nitrogens with one attached hydrogen (secondary N) is 2. The quantitative estimate of drug-likeness (QED) is 0.0602. The van der Waals surface area contributed by atoms with Crippen LogP contribution in [0.2, 0.25) is 5.02 Å². The Hall–Kier alpha value is -8.57. The minimum absolute atomic E-state index is 0.00543. The van der Waals surface area contributed by atoms with Gasteiger partial charge in [0.25, 0.3) is 11.8 Å². The molecule has 0 fully saturated rings.